The van der Waals surface area contributed by atoms with Crippen molar-refractivity contribution in [3.8, 4) is 5.69 Å². The van der Waals surface area contributed by atoms with E-state index in [2.05, 4.69) is 20.7 Å². The Kier molecular flexibility index (Phi) is 5.68. The summed E-state index contributed by atoms with van der Waals surface area (Å²) in [5.74, 6) is -0.794. The number of carbonyl (C=O) groups is 2. The average molecular weight is 441 g/mol. The van der Waals surface area contributed by atoms with Crippen LogP contribution in [-0.2, 0) is 6.54 Å². The van der Waals surface area contributed by atoms with E-state index in [1.165, 1.54) is 6.07 Å². The van der Waals surface area contributed by atoms with Gasteiger partial charge in [-0.2, -0.15) is 5.10 Å². The molecule has 2 heterocycles. The molecule has 31 heavy (non-hydrogen) atoms. The maximum atomic E-state index is 14.5. The van der Waals surface area contributed by atoms with Gasteiger partial charge in [0.15, 0.2) is 5.69 Å². The van der Waals surface area contributed by atoms with Crippen molar-refractivity contribution in [3.05, 3.63) is 81.9 Å². The lowest BCUT2D eigenvalue weighted by atomic mass is 10.00. The minimum atomic E-state index is -0.665. The molecule has 0 fully saturated rings. The molecule has 10 heteroatoms. The quantitative estimate of drug-likeness (QED) is 0.529. The number of amides is 3. The maximum absolute atomic E-state index is 14.5. The fraction of sp³-hybridized carbons (Fsp3) is 0.143. The predicted molar refractivity (Wildman–Crippen MR) is 114 cm³/mol. The van der Waals surface area contributed by atoms with Crippen molar-refractivity contribution in [2.24, 2.45) is 10.7 Å². The van der Waals surface area contributed by atoms with Crippen molar-refractivity contribution in [1.29, 1.82) is 0 Å². The Morgan fingerprint density at radius 2 is 1.87 bits per heavy atom. The first kappa shape index (κ1) is 20.5. The topological polar surface area (TPSA) is 114 Å². The first-order valence-corrected chi connectivity index (χ1v) is 9.82. The van der Waals surface area contributed by atoms with Crippen LogP contribution in [-0.4, -0.2) is 40.5 Å². The SMILES string of the molecule is NC(=O)NCCNC(=O)c1cc2n(n1)-c1ccc(Cl)cc1C(c1ccccc1F)=NC2. The van der Waals surface area contributed by atoms with E-state index < -0.39 is 17.8 Å². The largest absolute Gasteiger partial charge is 0.352 e. The van der Waals surface area contributed by atoms with Crippen LogP contribution >= 0.6 is 11.6 Å². The molecule has 1 aliphatic rings. The fourth-order valence-electron chi connectivity index (χ4n) is 3.32. The minimum Gasteiger partial charge on any atom is -0.352 e. The molecule has 0 spiro atoms. The van der Waals surface area contributed by atoms with Gasteiger partial charge in [0.25, 0.3) is 5.91 Å². The highest BCUT2D eigenvalue weighted by molar-refractivity contribution is 6.31. The van der Waals surface area contributed by atoms with Crippen LogP contribution in [0.2, 0.25) is 5.02 Å². The summed E-state index contributed by atoms with van der Waals surface area (Å²) in [5, 5.41) is 9.95. The summed E-state index contributed by atoms with van der Waals surface area (Å²) in [4.78, 5) is 27.8. The molecule has 0 saturated heterocycles. The van der Waals surface area contributed by atoms with Gasteiger partial charge in [-0.3, -0.25) is 9.79 Å². The van der Waals surface area contributed by atoms with E-state index in [1.807, 2.05) is 0 Å². The molecule has 158 valence electrons. The molecular formula is C21H18ClFN6O2. The van der Waals surface area contributed by atoms with Crippen molar-refractivity contribution in [2.45, 2.75) is 6.54 Å². The third kappa shape index (κ3) is 4.26. The summed E-state index contributed by atoms with van der Waals surface area (Å²) in [7, 11) is 0. The van der Waals surface area contributed by atoms with Gasteiger partial charge in [0.05, 0.1) is 23.6 Å². The van der Waals surface area contributed by atoms with Gasteiger partial charge >= 0.3 is 6.03 Å². The number of urea groups is 1. The number of fused-ring (bicyclic) bond motifs is 3. The number of halogens is 2. The number of hydrogen-bond acceptors (Lipinski definition) is 4. The van der Waals surface area contributed by atoms with E-state index in [-0.39, 0.29) is 25.3 Å². The average Bonchev–Trinajstić information content (AvgIpc) is 3.10. The number of aliphatic imine (C=N–C) groups is 1. The van der Waals surface area contributed by atoms with Crippen LogP contribution < -0.4 is 16.4 Å². The van der Waals surface area contributed by atoms with Crippen LogP contribution in [0.3, 0.4) is 0 Å². The molecule has 4 rings (SSSR count). The van der Waals surface area contributed by atoms with E-state index >= 15 is 0 Å². The Labute approximate surface area is 181 Å². The number of benzene rings is 2. The fourth-order valence-corrected chi connectivity index (χ4v) is 3.49. The number of carbonyl (C=O) groups excluding carboxylic acids is 2. The third-order valence-electron chi connectivity index (χ3n) is 4.70. The van der Waals surface area contributed by atoms with E-state index in [0.717, 1.165) is 0 Å². The summed E-state index contributed by atoms with van der Waals surface area (Å²) in [6, 6.07) is 12.5. The molecule has 1 aromatic heterocycles. The molecule has 2 aromatic carbocycles. The van der Waals surface area contributed by atoms with Gasteiger partial charge in [0.1, 0.15) is 5.82 Å². The zero-order valence-corrected chi connectivity index (χ0v) is 17.0. The molecule has 0 atom stereocenters. The van der Waals surface area contributed by atoms with Crippen molar-refractivity contribution in [1.82, 2.24) is 20.4 Å². The lowest BCUT2D eigenvalue weighted by Gasteiger charge is -2.12. The molecule has 0 unspecified atom stereocenters. The predicted octanol–water partition coefficient (Wildman–Crippen LogP) is 2.41. The lowest BCUT2D eigenvalue weighted by Crippen LogP contribution is -2.37. The van der Waals surface area contributed by atoms with Gasteiger partial charge in [-0.25, -0.2) is 13.9 Å². The van der Waals surface area contributed by atoms with Gasteiger partial charge in [0, 0.05) is 29.2 Å². The number of nitrogens with zero attached hydrogens (tertiary/aromatic N) is 3. The number of primary amides is 1. The van der Waals surface area contributed by atoms with Crippen LogP contribution in [0.4, 0.5) is 9.18 Å². The van der Waals surface area contributed by atoms with E-state index in [0.29, 0.717) is 33.2 Å². The highest BCUT2D eigenvalue weighted by atomic mass is 35.5. The van der Waals surface area contributed by atoms with Gasteiger partial charge < -0.3 is 16.4 Å². The van der Waals surface area contributed by atoms with Crippen LogP contribution in [0.25, 0.3) is 5.69 Å². The molecule has 0 aliphatic carbocycles. The molecule has 4 N–H and O–H groups in total. The lowest BCUT2D eigenvalue weighted by molar-refractivity contribution is 0.0948. The molecule has 0 saturated carbocycles. The van der Waals surface area contributed by atoms with Crippen molar-refractivity contribution >= 4 is 29.3 Å². The van der Waals surface area contributed by atoms with Gasteiger partial charge in [-0.05, 0) is 36.4 Å². The smallest absolute Gasteiger partial charge is 0.312 e. The highest BCUT2D eigenvalue weighted by Gasteiger charge is 2.24. The monoisotopic (exact) mass is 440 g/mol. The molecule has 3 amide bonds. The zero-order chi connectivity index (χ0) is 22.0. The number of rotatable bonds is 5. The van der Waals surface area contributed by atoms with Crippen molar-refractivity contribution in [3.63, 3.8) is 0 Å². The maximum Gasteiger partial charge on any atom is 0.312 e. The van der Waals surface area contributed by atoms with Crippen molar-refractivity contribution in [2.75, 3.05) is 13.1 Å². The summed E-state index contributed by atoms with van der Waals surface area (Å²) in [6.45, 7) is 0.595. The second kappa shape index (κ2) is 8.57. The van der Waals surface area contributed by atoms with Crippen LogP contribution in [0.5, 0.6) is 0 Å². The molecule has 1 aliphatic heterocycles. The normalized spacial score (nSPS) is 12.3. The van der Waals surface area contributed by atoms with Gasteiger partial charge in [0.2, 0.25) is 0 Å². The van der Waals surface area contributed by atoms with Gasteiger partial charge in [-0.15, -0.1) is 0 Å². The van der Waals surface area contributed by atoms with Crippen LogP contribution in [0.1, 0.15) is 27.3 Å². The third-order valence-corrected chi connectivity index (χ3v) is 4.93. The summed E-state index contributed by atoms with van der Waals surface area (Å²) >= 11 is 6.22. The van der Waals surface area contributed by atoms with Crippen molar-refractivity contribution < 1.29 is 14.0 Å². The summed E-state index contributed by atoms with van der Waals surface area (Å²) in [5.41, 5.74) is 7.91. The second-order valence-corrected chi connectivity index (χ2v) is 7.22. The first-order chi connectivity index (χ1) is 14.9. The van der Waals surface area contributed by atoms with Gasteiger partial charge in [-0.1, -0.05) is 23.7 Å². The Hall–Kier alpha value is -3.72. The molecular weight excluding hydrogens is 423 g/mol. The highest BCUT2D eigenvalue weighted by Crippen LogP contribution is 2.28. The molecule has 3 aromatic rings. The summed E-state index contributed by atoms with van der Waals surface area (Å²) < 4.78 is 16.1. The van der Waals surface area contributed by atoms with E-state index in [9.17, 15) is 14.0 Å². The van der Waals surface area contributed by atoms with Crippen LogP contribution in [0, 0.1) is 5.82 Å². The molecule has 0 radical (unpaired) electrons. The standard InChI is InChI=1S/C21H18ClFN6O2/c22-12-5-6-18-15(9-12)19(14-3-1-2-4-16(14)23)27-11-13-10-17(28-29(13)18)20(30)25-7-8-26-21(24)31/h1-6,9-10H,7-8,11H2,(H,25,30)(H3,24,26,31). The first-order valence-electron chi connectivity index (χ1n) is 9.44. The Balaban J connectivity index is 1.68. The number of nitrogens with one attached hydrogen (secondary N) is 2. The summed E-state index contributed by atoms with van der Waals surface area (Å²) in [6.07, 6.45) is 0. The zero-order valence-electron chi connectivity index (χ0n) is 16.2. The Morgan fingerprint density at radius 3 is 2.65 bits per heavy atom. The molecule has 8 nitrogen and oxygen atoms in total. The van der Waals surface area contributed by atoms with E-state index in [4.69, 9.17) is 17.3 Å². The van der Waals surface area contributed by atoms with Crippen LogP contribution in [0.15, 0.2) is 53.5 Å². The molecule has 0 bridgehead atoms. The number of aromatic nitrogens is 2. The Morgan fingerprint density at radius 1 is 1.10 bits per heavy atom. The number of hydrogen-bond donors (Lipinski definition) is 3. The van der Waals surface area contributed by atoms with E-state index in [1.54, 1.807) is 47.1 Å². The number of nitrogens with two attached hydrogens (primary N) is 1. The second-order valence-electron chi connectivity index (χ2n) is 6.79. The minimum absolute atomic E-state index is 0.194. The Bertz CT molecular complexity index is 1210.